The smallest absolute Gasteiger partial charge is 0.151 e. The minimum absolute atomic E-state index is 0.360. The Bertz CT molecular complexity index is 837. The fraction of sp³-hybridized carbons (Fsp3) is 0. The van der Waals surface area contributed by atoms with Crippen LogP contribution in [0.3, 0.4) is 0 Å². The number of pyridine rings is 1. The molecule has 1 aromatic heterocycles. The van der Waals surface area contributed by atoms with Gasteiger partial charge in [-0.25, -0.2) is 0 Å². The highest BCUT2D eigenvalue weighted by Gasteiger charge is 2.11. The highest BCUT2D eigenvalue weighted by molar-refractivity contribution is 6.43. The Morgan fingerprint density at radius 3 is 2.48 bits per heavy atom. The van der Waals surface area contributed by atoms with E-state index in [9.17, 15) is 0 Å². The first-order chi connectivity index (χ1) is 10.1. The van der Waals surface area contributed by atoms with Crippen LogP contribution < -0.4 is 10.5 Å². The molecular formula is C15H9Cl3N2O. The Morgan fingerprint density at radius 2 is 1.67 bits per heavy atom. The molecule has 2 N–H and O–H groups in total. The van der Waals surface area contributed by atoms with Gasteiger partial charge in [-0.05, 0) is 24.3 Å². The third kappa shape index (κ3) is 2.72. The first kappa shape index (κ1) is 14.3. The molecule has 2 aromatic carbocycles. The molecular weight excluding hydrogens is 331 g/mol. The third-order valence-corrected chi connectivity index (χ3v) is 4.03. The number of ether oxygens (including phenoxy) is 1. The maximum absolute atomic E-state index is 6.13. The van der Waals surface area contributed by atoms with Crippen LogP contribution in [-0.4, -0.2) is 4.98 Å². The maximum Gasteiger partial charge on any atom is 0.151 e. The number of benzene rings is 2. The van der Waals surface area contributed by atoms with Crippen LogP contribution >= 0.6 is 34.8 Å². The van der Waals surface area contributed by atoms with Crippen molar-refractivity contribution >= 4 is 51.3 Å². The van der Waals surface area contributed by atoms with Crippen LogP contribution in [-0.2, 0) is 0 Å². The molecule has 0 aliphatic carbocycles. The number of nitrogen functional groups attached to an aromatic ring is 1. The summed E-state index contributed by atoms with van der Waals surface area (Å²) in [6, 6.07) is 8.55. The van der Waals surface area contributed by atoms with E-state index in [0.29, 0.717) is 32.3 Å². The third-order valence-electron chi connectivity index (χ3n) is 3.02. The van der Waals surface area contributed by atoms with Gasteiger partial charge in [0.25, 0.3) is 0 Å². The first-order valence-electron chi connectivity index (χ1n) is 6.01. The molecule has 0 fully saturated rings. The number of rotatable bonds is 2. The number of halogens is 3. The van der Waals surface area contributed by atoms with E-state index in [0.717, 1.165) is 10.8 Å². The van der Waals surface area contributed by atoms with E-state index in [-0.39, 0.29) is 0 Å². The SMILES string of the molecule is Nc1c(Oc2cc(Cl)c(Cl)cc2Cl)ccc2cnccc12. The van der Waals surface area contributed by atoms with Gasteiger partial charge in [0.2, 0.25) is 0 Å². The van der Waals surface area contributed by atoms with E-state index >= 15 is 0 Å². The van der Waals surface area contributed by atoms with Gasteiger partial charge in [0.05, 0.1) is 20.8 Å². The van der Waals surface area contributed by atoms with Crippen LogP contribution in [0.15, 0.2) is 42.7 Å². The fourth-order valence-corrected chi connectivity index (χ4v) is 2.54. The summed E-state index contributed by atoms with van der Waals surface area (Å²) in [6.45, 7) is 0. The highest BCUT2D eigenvalue weighted by atomic mass is 35.5. The van der Waals surface area contributed by atoms with Gasteiger partial charge in [-0.15, -0.1) is 0 Å². The van der Waals surface area contributed by atoms with Crippen molar-refractivity contribution in [1.29, 1.82) is 0 Å². The molecule has 0 aliphatic heterocycles. The topological polar surface area (TPSA) is 48.1 Å². The zero-order valence-corrected chi connectivity index (χ0v) is 12.9. The van der Waals surface area contributed by atoms with Crippen molar-refractivity contribution in [2.75, 3.05) is 5.73 Å². The lowest BCUT2D eigenvalue weighted by Gasteiger charge is -2.12. The molecule has 6 heteroatoms. The monoisotopic (exact) mass is 338 g/mol. The quantitative estimate of drug-likeness (QED) is 0.490. The van der Waals surface area contributed by atoms with Crippen molar-refractivity contribution < 1.29 is 4.74 Å². The highest BCUT2D eigenvalue weighted by Crippen LogP contribution is 2.39. The van der Waals surface area contributed by atoms with Crippen molar-refractivity contribution in [3.63, 3.8) is 0 Å². The Labute approximate surface area is 136 Å². The van der Waals surface area contributed by atoms with Gasteiger partial charge >= 0.3 is 0 Å². The fourth-order valence-electron chi connectivity index (χ4n) is 1.96. The lowest BCUT2D eigenvalue weighted by atomic mass is 10.1. The lowest BCUT2D eigenvalue weighted by Crippen LogP contribution is -1.94. The molecule has 0 aliphatic rings. The van der Waals surface area contributed by atoms with E-state index in [1.807, 2.05) is 12.1 Å². The van der Waals surface area contributed by atoms with E-state index < -0.39 is 0 Å². The Balaban J connectivity index is 2.06. The second-order valence-electron chi connectivity index (χ2n) is 4.37. The molecule has 3 rings (SSSR count). The zero-order chi connectivity index (χ0) is 15.0. The van der Waals surface area contributed by atoms with Crippen LogP contribution in [0.1, 0.15) is 0 Å². The molecule has 1 heterocycles. The van der Waals surface area contributed by atoms with Crippen molar-refractivity contribution in [3.8, 4) is 11.5 Å². The average Bonchev–Trinajstić information content (AvgIpc) is 2.48. The normalized spacial score (nSPS) is 10.8. The molecule has 0 spiro atoms. The Morgan fingerprint density at radius 1 is 0.905 bits per heavy atom. The van der Waals surface area contributed by atoms with E-state index in [4.69, 9.17) is 45.3 Å². The van der Waals surface area contributed by atoms with Gasteiger partial charge in [0.15, 0.2) is 5.75 Å². The standard InChI is InChI=1S/C15H9Cl3N2O/c16-10-5-12(18)14(6-11(10)17)21-13-2-1-8-7-20-4-3-9(8)15(13)19/h1-7H,19H2. The molecule has 0 radical (unpaired) electrons. The number of nitrogens with two attached hydrogens (primary N) is 1. The van der Waals surface area contributed by atoms with E-state index in [2.05, 4.69) is 4.98 Å². The van der Waals surface area contributed by atoms with Crippen LogP contribution in [0.5, 0.6) is 11.5 Å². The van der Waals surface area contributed by atoms with Crippen LogP contribution in [0, 0.1) is 0 Å². The molecule has 106 valence electrons. The summed E-state index contributed by atoms with van der Waals surface area (Å²) in [7, 11) is 0. The minimum Gasteiger partial charge on any atom is -0.454 e. The lowest BCUT2D eigenvalue weighted by molar-refractivity contribution is 0.486. The van der Waals surface area contributed by atoms with Gasteiger partial charge in [-0.1, -0.05) is 34.8 Å². The number of aromatic nitrogens is 1. The number of anilines is 1. The van der Waals surface area contributed by atoms with Crippen LogP contribution in [0.2, 0.25) is 15.1 Å². The largest absolute Gasteiger partial charge is 0.454 e. The summed E-state index contributed by atoms with van der Waals surface area (Å²) in [5.41, 5.74) is 6.64. The van der Waals surface area contributed by atoms with Gasteiger partial charge in [0, 0.05) is 29.2 Å². The van der Waals surface area contributed by atoms with Crippen molar-refractivity contribution in [2.24, 2.45) is 0 Å². The first-order valence-corrected chi connectivity index (χ1v) is 7.14. The molecule has 0 saturated heterocycles. The maximum atomic E-state index is 6.13. The predicted octanol–water partition coefficient (Wildman–Crippen LogP) is 5.57. The average molecular weight is 340 g/mol. The molecule has 0 atom stereocenters. The van der Waals surface area contributed by atoms with Crippen LogP contribution in [0.4, 0.5) is 5.69 Å². The molecule has 0 unspecified atom stereocenters. The second-order valence-corrected chi connectivity index (χ2v) is 5.59. The second kappa shape index (κ2) is 5.60. The van der Waals surface area contributed by atoms with Gasteiger partial charge in [-0.3, -0.25) is 4.98 Å². The number of fused-ring (bicyclic) bond motifs is 1. The summed E-state index contributed by atoms with van der Waals surface area (Å²) in [5.74, 6) is 0.889. The van der Waals surface area contributed by atoms with Crippen molar-refractivity contribution in [1.82, 2.24) is 4.98 Å². The summed E-state index contributed by atoms with van der Waals surface area (Å²) in [4.78, 5) is 4.05. The van der Waals surface area contributed by atoms with Crippen molar-refractivity contribution in [3.05, 3.63) is 57.8 Å². The summed E-state index contributed by atoms with van der Waals surface area (Å²) in [5, 5.41) is 2.88. The van der Waals surface area contributed by atoms with Gasteiger partial charge in [0.1, 0.15) is 5.75 Å². The molecule has 0 amide bonds. The van der Waals surface area contributed by atoms with E-state index in [1.54, 1.807) is 24.5 Å². The summed E-state index contributed by atoms with van der Waals surface area (Å²) >= 11 is 18.0. The Hall–Kier alpha value is -1.68. The zero-order valence-electron chi connectivity index (χ0n) is 10.6. The molecule has 3 aromatic rings. The molecule has 0 bridgehead atoms. The molecule has 3 nitrogen and oxygen atoms in total. The van der Waals surface area contributed by atoms with Crippen LogP contribution in [0.25, 0.3) is 10.8 Å². The van der Waals surface area contributed by atoms with Crippen molar-refractivity contribution in [2.45, 2.75) is 0 Å². The van der Waals surface area contributed by atoms with Gasteiger partial charge in [-0.2, -0.15) is 0 Å². The minimum atomic E-state index is 0.360. The Kier molecular flexibility index (Phi) is 3.81. The number of nitrogens with zero attached hydrogens (tertiary/aromatic N) is 1. The van der Waals surface area contributed by atoms with E-state index in [1.165, 1.54) is 6.07 Å². The summed E-state index contributed by atoms with van der Waals surface area (Å²) in [6.07, 6.45) is 3.41. The van der Waals surface area contributed by atoms with Gasteiger partial charge < -0.3 is 10.5 Å². The predicted molar refractivity (Wildman–Crippen MR) is 87.7 cm³/mol. The molecule has 0 saturated carbocycles. The molecule has 21 heavy (non-hydrogen) atoms. The summed E-state index contributed by atoms with van der Waals surface area (Å²) < 4.78 is 5.76. The number of hydrogen-bond donors (Lipinski definition) is 1. The number of hydrogen-bond acceptors (Lipinski definition) is 3.